The Hall–Kier alpha value is -0.0800. The summed E-state index contributed by atoms with van der Waals surface area (Å²) in [5.74, 6) is 0. The number of likely N-dealkylation sites (N-methyl/N-ethyl adjacent to an activating group) is 1. The monoisotopic (exact) mass is 212 g/mol. The number of unbranched alkanes of at least 4 members (excludes halogenated alkanes) is 1. The Balaban J connectivity index is 2.50. The molecule has 2 unspecified atom stereocenters. The molecule has 0 aliphatic heterocycles. The van der Waals surface area contributed by atoms with Crippen molar-refractivity contribution < 1.29 is 0 Å². The lowest BCUT2D eigenvalue weighted by Gasteiger charge is -2.43. The summed E-state index contributed by atoms with van der Waals surface area (Å²) in [5, 5.41) is 0. The van der Waals surface area contributed by atoms with Gasteiger partial charge in [0.25, 0.3) is 0 Å². The van der Waals surface area contributed by atoms with Gasteiger partial charge in [-0.2, -0.15) is 0 Å². The minimum Gasteiger partial charge on any atom is -0.326 e. The Bertz CT molecular complexity index is 189. The van der Waals surface area contributed by atoms with E-state index in [1.54, 1.807) is 0 Å². The molecule has 0 amide bonds. The molecule has 2 nitrogen and oxygen atoms in total. The van der Waals surface area contributed by atoms with Crippen molar-refractivity contribution in [2.75, 3.05) is 13.6 Å². The molecule has 1 fully saturated rings. The zero-order valence-corrected chi connectivity index (χ0v) is 10.9. The summed E-state index contributed by atoms with van der Waals surface area (Å²) in [6.07, 6.45) is 6.30. The Kier molecular flexibility index (Phi) is 4.60. The molecule has 0 aromatic heterocycles. The molecule has 1 aliphatic carbocycles. The molecule has 1 rings (SSSR count). The fourth-order valence-corrected chi connectivity index (χ4v) is 2.63. The third kappa shape index (κ3) is 3.76. The van der Waals surface area contributed by atoms with Crippen LogP contribution in [0.15, 0.2) is 0 Å². The van der Waals surface area contributed by atoms with E-state index in [4.69, 9.17) is 5.73 Å². The lowest BCUT2D eigenvalue weighted by atomic mass is 9.72. The number of hydrogen-bond acceptors (Lipinski definition) is 2. The van der Waals surface area contributed by atoms with Crippen LogP contribution in [0.5, 0.6) is 0 Å². The quantitative estimate of drug-likeness (QED) is 0.776. The van der Waals surface area contributed by atoms with Crippen molar-refractivity contribution in [3.8, 4) is 0 Å². The maximum absolute atomic E-state index is 6.23. The van der Waals surface area contributed by atoms with Gasteiger partial charge in [-0.15, -0.1) is 0 Å². The predicted octanol–water partition coefficient (Wildman–Crippen LogP) is 2.62. The summed E-state index contributed by atoms with van der Waals surface area (Å²) >= 11 is 0. The summed E-state index contributed by atoms with van der Waals surface area (Å²) in [6, 6.07) is 0.986. The van der Waals surface area contributed by atoms with E-state index in [-0.39, 0.29) is 0 Å². The van der Waals surface area contributed by atoms with Gasteiger partial charge in [-0.05, 0) is 44.7 Å². The smallest absolute Gasteiger partial charge is 0.0249 e. The highest BCUT2D eigenvalue weighted by molar-refractivity contribution is 4.91. The van der Waals surface area contributed by atoms with E-state index in [2.05, 4.69) is 32.7 Å². The highest BCUT2D eigenvalue weighted by Gasteiger charge is 2.34. The first-order valence-electron chi connectivity index (χ1n) is 6.42. The zero-order valence-electron chi connectivity index (χ0n) is 10.9. The number of nitrogens with zero attached hydrogens (tertiary/aromatic N) is 1. The molecule has 2 heteroatoms. The minimum atomic E-state index is 0.389. The Morgan fingerprint density at radius 1 is 1.40 bits per heavy atom. The second kappa shape index (κ2) is 5.31. The highest BCUT2D eigenvalue weighted by Crippen LogP contribution is 2.36. The fraction of sp³-hybridized carbons (Fsp3) is 1.00. The van der Waals surface area contributed by atoms with Crippen molar-refractivity contribution in [3.63, 3.8) is 0 Å². The fourth-order valence-electron chi connectivity index (χ4n) is 2.63. The van der Waals surface area contributed by atoms with E-state index in [0.29, 0.717) is 17.5 Å². The molecule has 0 saturated heterocycles. The molecule has 2 N–H and O–H groups in total. The van der Waals surface area contributed by atoms with Gasteiger partial charge < -0.3 is 10.6 Å². The second-order valence-electron chi connectivity index (χ2n) is 5.97. The summed E-state index contributed by atoms with van der Waals surface area (Å²) in [5.41, 5.74) is 6.72. The third-order valence-electron chi connectivity index (χ3n) is 3.84. The molecular weight excluding hydrogens is 184 g/mol. The van der Waals surface area contributed by atoms with Crippen LogP contribution in [0.2, 0.25) is 0 Å². The van der Waals surface area contributed by atoms with Gasteiger partial charge in [-0.25, -0.2) is 0 Å². The second-order valence-corrected chi connectivity index (χ2v) is 5.97. The van der Waals surface area contributed by atoms with Crippen LogP contribution in [-0.4, -0.2) is 30.6 Å². The van der Waals surface area contributed by atoms with Gasteiger partial charge in [0.2, 0.25) is 0 Å². The van der Waals surface area contributed by atoms with E-state index in [0.717, 1.165) is 0 Å². The summed E-state index contributed by atoms with van der Waals surface area (Å²) in [7, 11) is 2.24. The maximum atomic E-state index is 6.23. The van der Waals surface area contributed by atoms with Crippen molar-refractivity contribution >= 4 is 0 Å². The van der Waals surface area contributed by atoms with Crippen molar-refractivity contribution in [2.24, 2.45) is 11.1 Å². The molecule has 15 heavy (non-hydrogen) atoms. The topological polar surface area (TPSA) is 29.3 Å². The average molecular weight is 212 g/mol. The molecule has 1 aliphatic rings. The Morgan fingerprint density at radius 3 is 2.67 bits per heavy atom. The third-order valence-corrected chi connectivity index (χ3v) is 3.84. The number of nitrogens with two attached hydrogens (primary N) is 1. The van der Waals surface area contributed by atoms with Crippen LogP contribution < -0.4 is 5.73 Å². The molecule has 0 bridgehead atoms. The largest absolute Gasteiger partial charge is 0.326 e. The van der Waals surface area contributed by atoms with Crippen molar-refractivity contribution in [2.45, 2.75) is 65.0 Å². The first-order valence-corrected chi connectivity index (χ1v) is 6.42. The lowest BCUT2D eigenvalue weighted by Crippen LogP contribution is -2.51. The average Bonchev–Trinajstić information content (AvgIpc) is 2.18. The predicted molar refractivity (Wildman–Crippen MR) is 66.9 cm³/mol. The van der Waals surface area contributed by atoms with Crippen molar-refractivity contribution in [1.82, 2.24) is 4.90 Å². The summed E-state index contributed by atoms with van der Waals surface area (Å²) in [4.78, 5) is 2.48. The van der Waals surface area contributed by atoms with Crippen LogP contribution in [-0.2, 0) is 0 Å². The van der Waals surface area contributed by atoms with Crippen LogP contribution in [0.1, 0.15) is 52.9 Å². The van der Waals surface area contributed by atoms with Gasteiger partial charge in [0.15, 0.2) is 0 Å². The molecule has 1 saturated carbocycles. The number of rotatable bonds is 4. The SMILES string of the molecule is CCCCN(C)C1CC(C)(C)CCC1N. The minimum absolute atomic E-state index is 0.389. The van der Waals surface area contributed by atoms with Gasteiger partial charge in [0.05, 0.1) is 0 Å². The van der Waals surface area contributed by atoms with Gasteiger partial charge in [0.1, 0.15) is 0 Å². The number of hydrogen-bond donors (Lipinski definition) is 1. The van der Waals surface area contributed by atoms with Gasteiger partial charge >= 0.3 is 0 Å². The summed E-state index contributed by atoms with van der Waals surface area (Å²) < 4.78 is 0. The standard InChI is InChI=1S/C13H28N2/c1-5-6-9-15(4)12-10-13(2,3)8-7-11(12)14/h11-12H,5-10,14H2,1-4H3. The summed E-state index contributed by atoms with van der Waals surface area (Å²) in [6.45, 7) is 8.20. The van der Waals surface area contributed by atoms with E-state index < -0.39 is 0 Å². The van der Waals surface area contributed by atoms with Crippen LogP contribution in [0.25, 0.3) is 0 Å². The maximum Gasteiger partial charge on any atom is 0.0249 e. The molecule has 0 aromatic carbocycles. The van der Waals surface area contributed by atoms with Gasteiger partial charge in [-0.3, -0.25) is 0 Å². The van der Waals surface area contributed by atoms with E-state index >= 15 is 0 Å². The highest BCUT2D eigenvalue weighted by atomic mass is 15.1. The molecule has 0 heterocycles. The first-order chi connectivity index (χ1) is 6.96. The molecule has 2 atom stereocenters. The molecule has 0 radical (unpaired) electrons. The van der Waals surface area contributed by atoms with E-state index in [1.165, 1.54) is 38.6 Å². The first kappa shape index (κ1) is 13.0. The van der Waals surface area contributed by atoms with Crippen LogP contribution >= 0.6 is 0 Å². The van der Waals surface area contributed by atoms with Crippen molar-refractivity contribution in [3.05, 3.63) is 0 Å². The van der Waals surface area contributed by atoms with Crippen LogP contribution in [0, 0.1) is 5.41 Å². The van der Waals surface area contributed by atoms with E-state index in [1.807, 2.05) is 0 Å². The molecule has 0 aromatic rings. The Morgan fingerprint density at radius 2 is 2.07 bits per heavy atom. The van der Waals surface area contributed by atoms with Gasteiger partial charge in [-0.1, -0.05) is 27.2 Å². The van der Waals surface area contributed by atoms with Gasteiger partial charge in [0, 0.05) is 12.1 Å². The van der Waals surface area contributed by atoms with Crippen LogP contribution in [0.3, 0.4) is 0 Å². The lowest BCUT2D eigenvalue weighted by molar-refractivity contribution is 0.0954. The Labute approximate surface area is 95.2 Å². The normalized spacial score (nSPS) is 30.8. The van der Waals surface area contributed by atoms with Crippen LogP contribution in [0.4, 0.5) is 0 Å². The molecular formula is C13H28N2. The zero-order chi connectivity index (χ0) is 11.5. The van der Waals surface area contributed by atoms with E-state index in [9.17, 15) is 0 Å². The molecule has 90 valence electrons. The van der Waals surface area contributed by atoms with Crippen molar-refractivity contribution in [1.29, 1.82) is 0 Å². The molecule has 0 spiro atoms.